The number of aromatic nitrogens is 1. The number of amides is 1. The Morgan fingerprint density at radius 1 is 1.20 bits per heavy atom. The second-order valence-corrected chi connectivity index (χ2v) is 6.23. The summed E-state index contributed by atoms with van der Waals surface area (Å²) in [5.41, 5.74) is 1.60. The molecule has 0 radical (unpaired) electrons. The molecule has 3 nitrogen and oxygen atoms in total. The summed E-state index contributed by atoms with van der Waals surface area (Å²) in [5, 5.41) is 0.927. The van der Waals surface area contributed by atoms with Crippen molar-refractivity contribution < 1.29 is 13.6 Å². The standard InChI is InChI=1S/C19H15ClF2N2O/c1-11-14(8-12-6-7-13(21)9-18(12)23-11)19(25)24(2)10-15-16(20)4-3-5-17(15)22/h3-9H,10H2,1-2H3. The second-order valence-electron chi connectivity index (χ2n) is 5.82. The minimum Gasteiger partial charge on any atom is -0.337 e. The summed E-state index contributed by atoms with van der Waals surface area (Å²) in [6.45, 7) is 1.72. The molecule has 2 aromatic carbocycles. The lowest BCUT2D eigenvalue weighted by Gasteiger charge is -2.19. The highest BCUT2D eigenvalue weighted by molar-refractivity contribution is 6.31. The highest BCUT2D eigenvalue weighted by Crippen LogP contribution is 2.23. The number of benzene rings is 2. The van der Waals surface area contributed by atoms with E-state index >= 15 is 0 Å². The van der Waals surface area contributed by atoms with Gasteiger partial charge in [-0.1, -0.05) is 17.7 Å². The van der Waals surface area contributed by atoms with Crippen LogP contribution in [0.5, 0.6) is 0 Å². The molecule has 0 bridgehead atoms. The summed E-state index contributed by atoms with van der Waals surface area (Å²) < 4.78 is 27.2. The first-order chi connectivity index (χ1) is 11.9. The lowest BCUT2D eigenvalue weighted by atomic mass is 10.1. The Bertz CT molecular complexity index is 955. The number of hydrogen-bond donors (Lipinski definition) is 0. The zero-order chi connectivity index (χ0) is 18.1. The number of pyridine rings is 1. The van der Waals surface area contributed by atoms with Crippen molar-refractivity contribution in [3.8, 4) is 0 Å². The molecule has 3 rings (SSSR count). The van der Waals surface area contributed by atoms with E-state index in [4.69, 9.17) is 11.6 Å². The van der Waals surface area contributed by atoms with E-state index in [2.05, 4.69) is 4.98 Å². The fourth-order valence-corrected chi connectivity index (χ4v) is 2.87. The van der Waals surface area contributed by atoms with E-state index in [1.54, 1.807) is 32.2 Å². The molecule has 0 saturated carbocycles. The van der Waals surface area contributed by atoms with E-state index < -0.39 is 5.82 Å². The molecule has 0 aliphatic rings. The van der Waals surface area contributed by atoms with Crippen molar-refractivity contribution in [3.63, 3.8) is 0 Å². The largest absolute Gasteiger partial charge is 0.337 e. The van der Waals surface area contributed by atoms with Gasteiger partial charge in [0.05, 0.1) is 16.8 Å². The SMILES string of the molecule is Cc1nc2cc(F)ccc2cc1C(=O)N(C)Cc1c(F)cccc1Cl. The van der Waals surface area contributed by atoms with Crippen LogP contribution >= 0.6 is 11.6 Å². The van der Waals surface area contributed by atoms with Gasteiger partial charge in [0, 0.05) is 35.6 Å². The zero-order valence-corrected chi connectivity index (χ0v) is 14.4. The van der Waals surface area contributed by atoms with Gasteiger partial charge in [0.25, 0.3) is 5.91 Å². The minimum absolute atomic E-state index is 0.0330. The molecule has 0 N–H and O–H groups in total. The molecule has 0 fully saturated rings. The fraction of sp³-hybridized carbons (Fsp3) is 0.158. The number of aryl methyl sites for hydroxylation is 1. The molecule has 6 heteroatoms. The van der Waals surface area contributed by atoms with Crippen LogP contribution in [0.2, 0.25) is 5.02 Å². The van der Waals surface area contributed by atoms with E-state index in [0.29, 0.717) is 22.2 Å². The van der Waals surface area contributed by atoms with Gasteiger partial charge in [0.2, 0.25) is 0 Å². The van der Waals surface area contributed by atoms with Crippen molar-refractivity contribution in [2.24, 2.45) is 0 Å². The van der Waals surface area contributed by atoms with Gasteiger partial charge in [0.15, 0.2) is 0 Å². The lowest BCUT2D eigenvalue weighted by Crippen LogP contribution is -2.27. The van der Waals surface area contributed by atoms with Gasteiger partial charge in [-0.2, -0.15) is 0 Å². The topological polar surface area (TPSA) is 33.2 Å². The Morgan fingerprint density at radius 2 is 1.96 bits per heavy atom. The fourth-order valence-electron chi connectivity index (χ4n) is 2.65. The molecule has 0 spiro atoms. The van der Waals surface area contributed by atoms with Crippen molar-refractivity contribution in [1.29, 1.82) is 0 Å². The predicted octanol–water partition coefficient (Wildman–Crippen LogP) is 4.75. The van der Waals surface area contributed by atoms with Crippen molar-refractivity contribution in [2.75, 3.05) is 7.05 Å². The van der Waals surface area contributed by atoms with Crippen LogP contribution in [0.1, 0.15) is 21.6 Å². The lowest BCUT2D eigenvalue weighted by molar-refractivity contribution is 0.0783. The van der Waals surface area contributed by atoms with Crippen LogP contribution in [-0.2, 0) is 6.54 Å². The van der Waals surface area contributed by atoms with Gasteiger partial charge in [0.1, 0.15) is 11.6 Å². The Morgan fingerprint density at radius 3 is 2.68 bits per heavy atom. The molecule has 0 aliphatic heterocycles. The van der Waals surface area contributed by atoms with Crippen LogP contribution in [0.4, 0.5) is 8.78 Å². The molecular weight excluding hydrogens is 346 g/mol. The monoisotopic (exact) mass is 360 g/mol. The number of hydrogen-bond acceptors (Lipinski definition) is 2. The maximum absolute atomic E-state index is 13.9. The maximum Gasteiger partial charge on any atom is 0.255 e. The molecule has 1 amide bonds. The second kappa shape index (κ2) is 6.76. The third-order valence-electron chi connectivity index (χ3n) is 4.00. The molecule has 1 heterocycles. The average Bonchev–Trinajstić information content (AvgIpc) is 2.56. The molecule has 0 saturated heterocycles. The summed E-state index contributed by atoms with van der Waals surface area (Å²) in [7, 11) is 1.57. The smallest absolute Gasteiger partial charge is 0.255 e. The van der Waals surface area contributed by atoms with Crippen LogP contribution in [-0.4, -0.2) is 22.8 Å². The average molecular weight is 361 g/mol. The van der Waals surface area contributed by atoms with Crippen LogP contribution in [0, 0.1) is 18.6 Å². The number of carbonyl (C=O) groups is 1. The third-order valence-corrected chi connectivity index (χ3v) is 4.36. The van der Waals surface area contributed by atoms with E-state index in [0.717, 1.165) is 0 Å². The first-order valence-corrected chi connectivity index (χ1v) is 8.00. The van der Waals surface area contributed by atoms with Crippen LogP contribution in [0.3, 0.4) is 0 Å². The van der Waals surface area contributed by atoms with Crippen LogP contribution in [0.15, 0.2) is 42.5 Å². The summed E-state index contributed by atoms with van der Waals surface area (Å²) in [5.74, 6) is -1.16. The Labute approximate surface area is 148 Å². The van der Waals surface area contributed by atoms with E-state index in [1.165, 1.54) is 29.2 Å². The zero-order valence-electron chi connectivity index (χ0n) is 13.7. The van der Waals surface area contributed by atoms with Crippen molar-refractivity contribution in [1.82, 2.24) is 9.88 Å². The van der Waals surface area contributed by atoms with E-state index in [1.807, 2.05) is 0 Å². The van der Waals surface area contributed by atoms with E-state index in [-0.39, 0.29) is 28.9 Å². The van der Waals surface area contributed by atoms with Gasteiger partial charge in [-0.25, -0.2) is 8.78 Å². The van der Waals surface area contributed by atoms with Crippen molar-refractivity contribution >= 4 is 28.4 Å². The normalized spacial score (nSPS) is 10.9. The number of halogens is 3. The predicted molar refractivity (Wildman–Crippen MR) is 93.6 cm³/mol. The van der Waals surface area contributed by atoms with Gasteiger partial charge < -0.3 is 4.90 Å². The first-order valence-electron chi connectivity index (χ1n) is 7.62. The van der Waals surface area contributed by atoms with Gasteiger partial charge in [-0.05, 0) is 37.3 Å². The van der Waals surface area contributed by atoms with Gasteiger partial charge >= 0.3 is 0 Å². The number of carbonyl (C=O) groups excluding carboxylic acids is 1. The third kappa shape index (κ3) is 3.46. The number of rotatable bonds is 3. The van der Waals surface area contributed by atoms with Gasteiger partial charge in [-0.15, -0.1) is 0 Å². The number of fused-ring (bicyclic) bond motifs is 1. The Kier molecular flexibility index (Phi) is 4.68. The van der Waals surface area contributed by atoms with Crippen LogP contribution < -0.4 is 0 Å². The summed E-state index contributed by atoms with van der Waals surface area (Å²) in [6.07, 6.45) is 0. The highest BCUT2D eigenvalue weighted by Gasteiger charge is 2.19. The summed E-state index contributed by atoms with van der Waals surface area (Å²) in [4.78, 5) is 18.4. The molecule has 0 aliphatic carbocycles. The number of nitrogens with zero attached hydrogens (tertiary/aromatic N) is 2. The van der Waals surface area contributed by atoms with Crippen molar-refractivity contribution in [3.05, 3.63) is 75.9 Å². The van der Waals surface area contributed by atoms with Gasteiger partial charge in [-0.3, -0.25) is 9.78 Å². The Hall–Kier alpha value is -2.53. The molecule has 0 unspecified atom stereocenters. The maximum atomic E-state index is 13.9. The molecule has 3 aromatic rings. The van der Waals surface area contributed by atoms with Crippen molar-refractivity contribution in [2.45, 2.75) is 13.5 Å². The first kappa shape index (κ1) is 17.3. The summed E-state index contributed by atoms with van der Waals surface area (Å²) in [6, 6.07) is 10.3. The summed E-state index contributed by atoms with van der Waals surface area (Å²) >= 11 is 6.02. The highest BCUT2D eigenvalue weighted by atomic mass is 35.5. The molecule has 128 valence electrons. The Balaban J connectivity index is 1.93. The minimum atomic E-state index is -0.462. The quantitative estimate of drug-likeness (QED) is 0.675. The molecule has 0 atom stereocenters. The van der Waals surface area contributed by atoms with E-state index in [9.17, 15) is 13.6 Å². The molecule has 1 aromatic heterocycles. The molecule has 25 heavy (non-hydrogen) atoms. The molecular formula is C19H15ClF2N2O. The van der Waals surface area contributed by atoms with Crippen LogP contribution in [0.25, 0.3) is 10.9 Å².